The Kier molecular flexibility index (Phi) is 14.7. The molecule has 48 heavy (non-hydrogen) atoms. The highest BCUT2D eigenvalue weighted by atomic mass is 16.2. The topological polar surface area (TPSA) is 157 Å². The lowest BCUT2D eigenvalue weighted by Gasteiger charge is -2.41. The predicted octanol–water partition coefficient (Wildman–Crippen LogP) is 3.69. The number of urea groups is 1. The van der Waals surface area contributed by atoms with Crippen LogP contribution in [0.5, 0.6) is 0 Å². The van der Waals surface area contributed by atoms with Gasteiger partial charge in [-0.2, -0.15) is 0 Å². The summed E-state index contributed by atoms with van der Waals surface area (Å²) in [4.78, 5) is 82.9. The van der Waals surface area contributed by atoms with Gasteiger partial charge < -0.3 is 31.1 Å². The van der Waals surface area contributed by atoms with Crippen LogP contribution in [0.15, 0.2) is 12.7 Å². The number of ketones is 1. The number of carbonyl (C=O) groups excluding carboxylic acids is 6. The molecule has 2 aliphatic rings. The molecular weight excluding hydrogens is 612 g/mol. The number of piperidine rings is 1. The van der Waals surface area contributed by atoms with Gasteiger partial charge >= 0.3 is 6.03 Å². The van der Waals surface area contributed by atoms with E-state index >= 15 is 0 Å². The van der Waals surface area contributed by atoms with E-state index in [4.69, 9.17) is 0 Å². The van der Waals surface area contributed by atoms with Crippen molar-refractivity contribution >= 4 is 35.4 Å². The van der Waals surface area contributed by atoms with Crippen LogP contribution in [0.4, 0.5) is 4.79 Å². The van der Waals surface area contributed by atoms with Gasteiger partial charge in [-0.05, 0) is 41.9 Å². The maximum atomic E-state index is 14.1. The van der Waals surface area contributed by atoms with E-state index in [1.807, 2.05) is 53.4 Å². The van der Waals surface area contributed by atoms with Crippen molar-refractivity contribution in [2.75, 3.05) is 26.2 Å². The molecule has 12 nitrogen and oxygen atoms in total. The first-order chi connectivity index (χ1) is 22.2. The smallest absolute Gasteiger partial charge is 0.315 e. The Morgan fingerprint density at radius 1 is 0.979 bits per heavy atom. The van der Waals surface area contributed by atoms with Crippen molar-refractivity contribution in [2.45, 2.75) is 138 Å². The summed E-state index contributed by atoms with van der Waals surface area (Å²) in [5, 5.41) is 11.2. The Labute approximate surface area is 287 Å². The maximum absolute atomic E-state index is 14.1. The fraction of sp³-hybridized carbons (Fsp3) is 0.778. The van der Waals surface area contributed by atoms with Crippen LogP contribution in [0, 0.1) is 16.2 Å². The minimum atomic E-state index is -1.01. The van der Waals surface area contributed by atoms with Crippen LogP contribution in [0.2, 0.25) is 0 Å². The second kappa shape index (κ2) is 17.3. The molecule has 0 radical (unpaired) electrons. The highest BCUT2D eigenvalue weighted by Crippen LogP contribution is 2.32. The lowest BCUT2D eigenvalue weighted by molar-refractivity contribution is -0.143. The largest absolute Gasteiger partial charge is 0.346 e. The Balaban J connectivity index is 2.19. The average molecular weight is 675 g/mol. The number of nitrogens with zero attached hydrogens (tertiary/aromatic N) is 2. The lowest BCUT2D eigenvalue weighted by Crippen LogP contribution is -2.62. The summed E-state index contributed by atoms with van der Waals surface area (Å²) in [6, 6.07) is -3.73. The Hall–Kier alpha value is -3.44. The molecule has 12 heteroatoms. The van der Waals surface area contributed by atoms with E-state index in [2.05, 4.69) is 41.7 Å². The van der Waals surface area contributed by atoms with Gasteiger partial charge in [-0.1, -0.05) is 87.7 Å². The second-order valence-electron chi connectivity index (χ2n) is 16.4. The molecule has 0 saturated carbocycles. The number of carbonyl (C=O) groups is 6. The minimum Gasteiger partial charge on any atom is -0.346 e. The van der Waals surface area contributed by atoms with E-state index in [0.29, 0.717) is 51.7 Å². The molecule has 4 N–H and O–H groups in total. The van der Waals surface area contributed by atoms with Crippen LogP contribution >= 0.6 is 0 Å². The molecule has 2 rings (SSSR count). The van der Waals surface area contributed by atoms with Crippen molar-refractivity contribution in [2.24, 2.45) is 16.2 Å². The zero-order valence-corrected chi connectivity index (χ0v) is 30.9. The Morgan fingerprint density at radius 2 is 1.65 bits per heavy atom. The van der Waals surface area contributed by atoms with Crippen molar-refractivity contribution in [1.82, 2.24) is 31.1 Å². The van der Waals surface area contributed by atoms with E-state index in [1.54, 1.807) is 0 Å². The first kappa shape index (κ1) is 40.7. The standard InChI is InChI=1S/C36H62N6O6/c1-11-13-14-16-24(28(44)31(46)37-19-12-2)38-30(45)25-17-15-20-42(25)32(47)29(35(6,7)8)40-33(48)39-26(34(3,4)5)23-41-21-18-36(9,10)22-27(41)43/h12,24-26,29H,2,11,13-23H2,1,3-10H3,(H,37,46)(H,38,45)(H2,39,40,48). The number of Topliss-reactive ketones (excluding diaryl/α,β-unsaturated/α-hetero) is 1. The van der Waals surface area contributed by atoms with E-state index in [1.165, 1.54) is 11.0 Å². The molecule has 0 bridgehead atoms. The van der Waals surface area contributed by atoms with Gasteiger partial charge in [0.1, 0.15) is 12.1 Å². The molecule has 4 atom stereocenters. The number of unbranched alkanes of at least 4 members (excludes halogenated alkanes) is 2. The molecule has 0 spiro atoms. The third-order valence-electron chi connectivity index (χ3n) is 9.38. The number of rotatable bonds is 15. The van der Waals surface area contributed by atoms with Crippen LogP contribution in [-0.2, 0) is 24.0 Å². The molecule has 0 aliphatic carbocycles. The number of likely N-dealkylation sites (tertiary alicyclic amines) is 2. The molecule has 0 aromatic rings. The summed E-state index contributed by atoms with van der Waals surface area (Å²) in [6.07, 6.45) is 6.48. The van der Waals surface area contributed by atoms with Gasteiger partial charge in [0.25, 0.3) is 5.91 Å². The highest BCUT2D eigenvalue weighted by Gasteiger charge is 2.43. The van der Waals surface area contributed by atoms with Crippen molar-refractivity contribution in [3.63, 3.8) is 0 Å². The zero-order chi connectivity index (χ0) is 36.4. The molecule has 4 unspecified atom stereocenters. The average Bonchev–Trinajstić information content (AvgIpc) is 3.47. The Bertz CT molecular complexity index is 1190. The minimum absolute atomic E-state index is 0.0498. The van der Waals surface area contributed by atoms with E-state index in [9.17, 15) is 28.8 Å². The summed E-state index contributed by atoms with van der Waals surface area (Å²) in [7, 11) is 0. The highest BCUT2D eigenvalue weighted by molar-refractivity contribution is 6.38. The van der Waals surface area contributed by atoms with Crippen LogP contribution in [0.25, 0.3) is 0 Å². The molecule has 2 fully saturated rings. The molecular formula is C36H62N6O6. The Morgan fingerprint density at radius 3 is 2.21 bits per heavy atom. The molecule has 2 aliphatic heterocycles. The van der Waals surface area contributed by atoms with Crippen LogP contribution in [-0.4, -0.2) is 95.6 Å². The molecule has 0 aromatic carbocycles. The molecule has 6 amide bonds. The molecule has 272 valence electrons. The summed E-state index contributed by atoms with van der Waals surface area (Å²) in [6.45, 7) is 22.7. The quantitative estimate of drug-likeness (QED) is 0.118. The van der Waals surface area contributed by atoms with E-state index < -0.39 is 53.1 Å². The van der Waals surface area contributed by atoms with Gasteiger partial charge in [0.05, 0.1) is 12.1 Å². The van der Waals surface area contributed by atoms with Gasteiger partial charge in [-0.3, -0.25) is 24.0 Å². The summed E-state index contributed by atoms with van der Waals surface area (Å²) < 4.78 is 0. The number of hydrogen-bond donors (Lipinski definition) is 4. The second-order valence-corrected chi connectivity index (χ2v) is 16.4. The first-order valence-corrected chi connectivity index (χ1v) is 17.6. The number of amides is 6. The van der Waals surface area contributed by atoms with Crippen molar-refractivity contribution in [3.05, 3.63) is 12.7 Å². The van der Waals surface area contributed by atoms with Gasteiger partial charge in [-0.25, -0.2) is 4.79 Å². The van der Waals surface area contributed by atoms with Gasteiger partial charge in [-0.15, -0.1) is 6.58 Å². The lowest BCUT2D eigenvalue weighted by atomic mass is 9.81. The maximum Gasteiger partial charge on any atom is 0.315 e. The number of hydrogen-bond acceptors (Lipinski definition) is 6. The van der Waals surface area contributed by atoms with Gasteiger partial charge in [0.2, 0.25) is 23.5 Å². The third kappa shape index (κ3) is 11.9. The molecule has 0 aromatic heterocycles. The monoisotopic (exact) mass is 674 g/mol. The van der Waals surface area contributed by atoms with E-state index in [-0.39, 0.29) is 29.3 Å². The summed E-state index contributed by atoms with van der Waals surface area (Å²) >= 11 is 0. The predicted molar refractivity (Wildman–Crippen MR) is 187 cm³/mol. The number of nitrogens with one attached hydrogen (secondary N) is 4. The molecule has 2 heterocycles. The van der Waals surface area contributed by atoms with Crippen molar-refractivity contribution in [1.29, 1.82) is 0 Å². The van der Waals surface area contributed by atoms with Crippen LogP contribution in [0.3, 0.4) is 0 Å². The van der Waals surface area contributed by atoms with Crippen LogP contribution in [0.1, 0.15) is 114 Å². The normalized spacial score (nSPS) is 19.9. The molecule has 2 saturated heterocycles. The fourth-order valence-electron chi connectivity index (χ4n) is 6.12. The summed E-state index contributed by atoms with van der Waals surface area (Å²) in [5.41, 5.74) is -1.13. The van der Waals surface area contributed by atoms with Gasteiger partial charge in [0, 0.05) is 32.6 Å². The SMILES string of the molecule is C=CCNC(=O)C(=O)C(CCCCC)NC(=O)C1CCCN1C(=O)C(NC(=O)NC(CN1CCC(C)(C)CC1=O)C(C)(C)C)C(C)(C)C. The fourth-order valence-corrected chi connectivity index (χ4v) is 6.12. The zero-order valence-electron chi connectivity index (χ0n) is 30.9. The van der Waals surface area contributed by atoms with Crippen molar-refractivity contribution in [3.8, 4) is 0 Å². The summed E-state index contributed by atoms with van der Waals surface area (Å²) in [5.74, 6) is -2.34. The van der Waals surface area contributed by atoms with Crippen molar-refractivity contribution < 1.29 is 28.8 Å². The first-order valence-electron chi connectivity index (χ1n) is 17.6. The van der Waals surface area contributed by atoms with Gasteiger partial charge in [0.15, 0.2) is 0 Å². The van der Waals surface area contributed by atoms with E-state index in [0.717, 1.165) is 19.3 Å². The third-order valence-corrected chi connectivity index (χ3v) is 9.38. The van der Waals surface area contributed by atoms with Crippen LogP contribution < -0.4 is 21.3 Å².